The maximum atomic E-state index is 12.2. The van der Waals surface area contributed by atoms with Crippen molar-refractivity contribution in [2.75, 3.05) is 6.61 Å². The molecule has 0 unspecified atom stereocenters. The molecule has 0 spiro atoms. The molecule has 0 aromatic heterocycles. The number of carbonyl (C=O) groups is 4. The highest BCUT2D eigenvalue weighted by atomic mass is 16.7. The highest BCUT2D eigenvalue weighted by molar-refractivity contribution is 5.72. The first-order chi connectivity index (χ1) is 14.9. The van der Waals surface area contributed by atoms with Crippen LogP contribution in [0.25, 0.3) is 0 Å². The molecule has 9 nitrogen and oxygen atoms in total. The third-order valence-electron chi connectivity index (χ3n) is 4.43. The van der Waals surface area contributed by atoms with Gasteiger partial charge in [-0.3, -0.25) is 19.2 Å². The maximum Gasteiger partial charge on any atom is 0.306 e. The smallest absolute Gasteiger partial charge is 0.306 e. The summed E-state index contributed by atoms with van der Waals surface area (Å²) in [5, 5.41) is 0. The van der Waals surface area contributed by atoms with Crippen LogP contribution in [0.2, 0.25) is 0 Å². The van der Waals surface area contributed by atoms with Gasteiger partial charge in [-0.1, -0.05) is 27.7 Å². The molecule has 1 aliphatic heterocycles. The van der Waals surface area contributed by atoms with Crippen LogP contribution in [0.3, 0.4) is 0 Å². The third-order valence-corrected chi connectivity index (χ3v) is 4.43. The van der Waals surface area contributed by atoms with Crippen LogP contribution < -0.4 is 0 Å². The van der Waals surface area contributed by atoms with Gasteiger partial charge in [0.15, 0.2) is 18.3 Å². The van der Waals surface area contributed by atoms with E-state index in [9.17, 15) is 19.2 Å². The van der Waals surface area contributed by atoms with Crippen molar-refractivity contribution in [3.63, 3.8) is 0 Å². The molecule has 0 aliphatic carbocycles. The summed E-state index contributed by atoms with van der Waals surface area (Å²) in [5.41, 5.74) is 0. The summed E-state index contributed by atoms with van der Waals surface area (Å²) in [6, 6.07) is 0. The molecule has 1 saturated heterocycles. The van der Waals surface area contributed by atoms with Crippen molar-refractivity contribution in [2.24, 2.45) is 0 Å². The molecule has 0 bridgehead atoms. The highest BCUT2D eigenvalue weighted by Crippen LogP contribution is 2.28. The van der Waals surface area contributed by atoms with Crippen LogP contribution in [0, 0.1) is 6.61 Å². The lowest BCUT2D eigenvalue weighted by Crippen LogP contribution is -2.57. The predicted octanol–water partition coefficient (Wildman–Crippen LogP) is 3.03. The summed E-state index contributed by atoms with van der Waals surface area (Å²) < 4.78 is 27.4. The topological polar surface area (TPSA) is 114 Å². The van der Waals surface area contributed by atoms with Crippen molar-refractivity contribution < 1.29 is 42.9 Å². The van der Waals surface area contributed by atoms with E-state index in [1.807, 2.05) is 27.7 Å². The minimum Gasteiger partial charge on any atom is -0.463 e. The Morgan fingerprint density at radius 2 is 1.13 bits per heavy atom. The molecule has 0 saturated carbocycles. The van der Waals surface area contributed by atoms with Crippen LogP contribution in [0.1, 0.15) is 79.1 Å². The predicted molar refractivity (Wildman–Crippen MR) is 109 cm³/mol. The van der Waals surface area contributed by atoms with Gasteiger partial charge in [-0.2, -0.15) is 0 Å². The van der Waals surface area contributed by atoms with E-state index >= 15 is 0 Å². The minimum absolute atomic E-state index is 0.151. The summed E-state index contributed by atoms with van der Waals surface area (Å²) in [6.45, 7) is 8.36. The van der Waals surface area contributed by atoms with Gasteiger partial charge in [0.05, 0.1) is 0 Å². The Morgan fingerprint density at radius 1 is 0.677 bits per heavy atom. The van der Waals surface area contributed by atoms with E-state index in [-0.39, 0.29) is 32.3 Å². The van der Waals surface area contributed by atoms with Crippen LogP contribution in [0.4, 0.5) is 0 Å². The third kappa shape index (κ3) is 9.67. The van der Waals surface area contributed by atoms with Gasteiger partial charge in [-0.05, 0) is 25.7 Å². The summed E-state index contributed by atoms with van der Waals surface area (Å²) in [6.07, 6.45) is -1.12. The fourth-order valence-corrected chi connectivity index (χ4v) is 2.93. The second-order valence-corrected chi connectivity index (χ2v) is 7.36. The molecule has 1 aliphatic rings. The van der Waals surface area contributed by atoms with Gasteiger partial charge in [0, 0.05) is 25.7 Å². The number of rotatable bonds is 13. The molecular formula is C22H35O9. The minimum atomic E-state index is -1.11. The number of ether oxygens (including phenoxy) is 5. The van der Waals surface area contributed by atoms with Crippen molar-refractivity contribution >= 4 is 23.9 Å². The molecule has 1 heterocycles. The zero-order chi connectivity index (χ0) is 23.2. The summed E-state index contributed by atoms with van der Waals surface area (Å²) in [7, 11) is 0. The van der Waals surface area contributed by atoms with Gasteiger partial charge in [0.2, 0.25) is 0 Å². The van der Waals surface area contributed by atoms with E-state index in [2.05, 4.69) is 0 Å². The van der Waals surface area contributed by atoms with E-state index in [0.717, 1.165) is 0 Å². The van der Waals surface area contributed by atoms with Crippen LogP contribution in [-0.2, 0) is 42.9 Å². The van der Waals surface area contributed by atoms with Crippen LogP contribution in [0.5, 0.6) is 0 Å². The van der Waals surface area contributed by atoms with E-state index in [1.54, 1.807) is 0 Å². The zero-order valence-electron chi connectivity index (χ0n) is 18.9. The van der Waals surface area contributed by atoms with Gasteiger partial charge in [-0.25, -0.2) is 0 Å². The average Bonchev–Trinajstić information content (AvgIpc) is 2.70. The van der Waals surface area contributed by atoms with Crippen molar-refractivity contribution in [3.8, 4) is 0 Å². The second kappa shape index (κ2) is 14.8. The van der Waals surface area contributed by atoms with Crippen LogP contribution >= 0.6 is 0 Å². The molecule has 1 radical (unpaired) electrons. The zero-order valence-corrected chi connectivity index (χ0v) is 18.9. The van der Waals surface area contributed by atoms with Crippen LogP contribution in [-0.4, -0.2) is 54.9 Å². The average molecular weight is 444 g/mol. The molecule has 4 atom stereocenters. The van der Waals surface area contributed by atoms with Crippen molar-refractivity contribution in [1.82, 2.24) is 0 Å². The van der Waals surface area contributed by atoms with Gasteiger partial charge in [-0.15, -0.1) is 0 Å². The van der Waals surface area contributed by atoms with E-state index < -0.39 is 48.3 Å². The molecular weight excluding hydrogens is 408 g/mol. The van der Waals surface area contributed by atoms with Gasteiger partial charge < -0.3 is 23.7 Å². The fraction of sp³-hybridized carbons (Fsp3) is 0.773. The number of esters is 4. The molecule has 31 heavy (non-hydrogen) atoms. The SMILES string of the molecule is CCCC(=O)OC[C@H]1O[CH][C@H](OC(=O)CCC)[C@@H](OC(=O)CCC)[C@H]1OC(=O)CCC. The van der Waals surface area contributed by atoms with Crippen molar-refractivity contribution in [3.05, 3.63) is 6.61 Å². The number of hydrogen-bond donors (Lipinski definition) is 0. The lowest BCUT2D eigenvalue weighted by Gasteiger charge is -2.40. The first-order valence-corrected chi connectivity index (χ1v) is 11.1. The molecule has 0 aromatic carbocycles. The monoisotopic (exact) mass is 443 g/mol. The molecule has 0 N–H and O–H groups in total. The van der Waals surface area contributed by atoms with Gasteiger partial charge >= 0.3 is 23.9 Å². The lowest BCUT2D eigenvalue weighted by atomic mass is 9.99. The molecule has 1 rings (SSSR count). The second-order valence-electron chi connectivity index (χ2n) is 7.36. The Hall–Kier alpha value is -2.16. The first-order valence-electron chi connectivity index (χ1n) is 11.1. The number of hydrogen-bond acceptors (Lipinski definition) is 9. The summed E-state index contributed by atoms with van der Waals surface area (Å²) in [4.78, 5) is 48.3. The van der Waals surface area contributed by atoms with E-state index in [0.29, 0.717) is 25.7 Å². The molecule has 1 fully saturated rings. The normalized spacial score (nSPS) is 23.0. The lowest BCUT2D eigenvalue weighted by molar-refractivity contribution is -0.220. The standard InChI is InChI=1S/C22H35O9/c1-5-9-17(23)28-13-15-21(30-19(25)11-7-3)22(31-20(26)12-8-4)16(14-27-15)29-18(24)10-6-2/h14-16,21-22H,5-13H2,1-4H3/t15-,16+,21+,22-/m1/s1. The summed E-state index contributed by atoms with van der Waals surface area (Å²) in [5.74, 6) is -1.94. The Morgan fingerprint density at radius 3 is 1.65 bits per heavy atom. The summed E-state index contributed by atoms with van der Waals surface area (Å²) >= 11 is 0. The Balaban J connectivity index is 3.08. The van der Waals surface area contributed by atoms with Gasteiger partial charge in [0.25, 0.3) is 0 Å². The molecule has 177 valence electrons. The maximum absolute atomic E-state index is 12.2. The van der Waals surface area contributed by atoms with Crippen LogP contribution in [0.15, 0.2) is 0 Å². The molecule has 9 heteroatoms. The highest BCUT2D eigenvalue weighted by Gasteiger charge is 2.48. The Bertz CT molecular complexity index is 590. The Kier molecular flexibility index (Phi) is 12.8. The fourth-order valence-electron chi connectivity index (χ4n) is 2.93. The Labute approximate surface area is 184 Å². The van der Waals surface area contributed by atoms with Gasteiger partial charge in [0.1, 0.15) is 19.3 Å². The van der Waals surface area contributed by atoms with E-state index in [1.165, 1.54) is 6.61 Å². The van der Waals surface area contributed by atoms with Crippen molar-refractivity contribution in [2.45, 2.75) is 103 Å². The quantitative estimate of drug-likeness (QED) is 0.313. The molecule has 0 aromatic rings. The van der Waals surface area contributed by atoms with E-state index in [4.69, 9.17) is 23.7 Å². The first kappa shape index (κ1) is 26.9. The molecule has 0 amide bonds. The largest absolute Gasteiger partial charge is 0.463 e. The number of carbonyl (C=O) groups excluding carboxylic acids is 4. The van der Waals surface area contributed by atoms with Crippen molar-refractivity contribution in [1.29, 1.82) is 0 Å².